The van der Waals surface area contributed by atoms with Crippen LogP contribution < -0.4 is 4.90 Å². The van der Waals surface area contributed by atoms with Crippen LogP contribution >= 0.6 is 0 Å². The number of ether oxygens (including phenoxy) is 1. The van der Waals surface area contributed by atoms with Gasteiger partial charge in [0.15, 0.2) is 0 Å². The van der Waals surface area contributed by atoms with E-state index in [2.05, 4.69) is 34.0 Å². The molecule has 0 spiro atoms. The van der Waals surface area contributed by atoms with Gasteiger partial charge in [-0.1, -0.05) is 0 Å². The first-order valence-corrected chi connectivity index (χ1v) is 6.91. The highest BCUT2D eigenvalue weighted by Crippen LogP contribution is 2.19. The predicted octanol–water partition coefficient (Wildman–Crippen LogP) is 0.287. The van der Waals surface area contributed by atoms with Gasteiger partial charge in [0.25, 0.3) is 5.95 Å². The Morgan fingerprint density at radius 2 is 2.15 bits per heavy atom. The fourth-order valence-electron chi connectivity index (χ4n) is 2.56. The Morgan fingerprint density at radius 3 is 2.70 bits per heavy atom. The Labute approximate surface area is 120 Å². The van der Waals surface area contributed by atoms with Crippen molar-refractivity contribution < 1.29 is 9.26 Å². The molecule has 1 aromatic heterocycles. The number of aromatic nitrogens is 2. The zero-order valence-electron chi connectivity index (χ0n) is 13.0. The fraction of sp³-hybridized carbons (Fsp3) is 0.846. The van der Waals surface area contributed by atoms with Crippen LogP contribution in [0.25, 0.3) is 0 Å². The van der Waals surface area contributed by atoms with Gasteiger partial charge in [-0.25, -0.2) is 0 Å². The van der Waals surface area contributed by atoms with Crippen LogP contribution in [0.2, 0.25) is 0 Å². The normalized spacial score (nSPS) is 23.7. The SMILES string of the molecule is CO[C@H]1C[C@@H](CN(C)Cc2nc(N(C)C)no2)N(C)C1. The maximum Gasteiger partial charge on any atom is 0.265 e. The minimum absolute atomic E-state index is 0.349. The highest BCUT2D eigenvalue weighted by atomic mass is 16.5. The lowest BCUT2D eigenvalue weighted by atomic mass is 10.2. The van der Waals surface area contributed by atoms with Gasteiger partial charge < -0.3 is 14.2 Å². The van der Waals surface area contributed by atoms with Gasteiger partial charge in [0.05, 0.1) is 12.6 Å². The van der Waals surface area contributed by atoms with E-state index in [0.29, 0.717) is 30.5 Å². The Hall–Kier alpha value is -1.18. The lowest BCUT2D eigenvalue weighted by molar-refractivity contribution is 0.111. The molecule has 0 aromatic carbocycles. The molecule has 0 saturated carbocycles. The molecule has 2 atom stereocenters. The fourth-order valence-corrected chi connectivity index (χ4v) is 2.56. The third kappa shape index (κ3) is 3.68. The van der Waals surface area contributed by atoms with Crippen molar-refractivity contribution in [1.82, 2.24) is 19.9 Å². The van der Waals surface area contributed by atoms with Crippen molar-refractivity contribution in [2.75, 3.05) is 53.3 Å². The lowest BCUT2D eigenvalue weighted by Crippen LogP contribution is -2.36. The average Bonchev–Trinajstić information content (AvgIpc) is 2.97. The zero-order chi connectivity index (χ0) is 14.7. The van der Waals surface area contributed by atoms with Crippen LogP contribution in [0.15, 0.2) is 4.52 Å². The second-order valence-electron chi connectivity index (χ2n) is 5.77. The summed E-state index contributed by atoms with van der Waals surface area (Å²) in [6, 6.07) is 0.515. The van der Waals surface area contributed by atoms with Crippen LogP contribution in [-0.4, -0.2) is 80.5 Å². The minimum atomic E-state index is 0.349. The summed E-state index contributed by atoms with van der Waals surface area (Å²) in [5, 5.41) is 3.92. The van der Waals surface area contributed by atoms with E-state index in [9.17, 15) is 0 Å². The highest BCUT2D eigenvalue weighted by Gasteiger charge is 2.30. The molecule has 0 aliphatic carbocycles. The van der Waals surface area contributed by atoms with Crippen molar-refractivity contribution in [3.05, 3.63) is 5.89 Å². The monoisotopic (exact) mass is 283 g/mol. The average molecular weight is 283 g/mol. The molecule has 7 heteroatoms. The predicted molar refractivity (Wildman–Crippen MR) is 76.8 cm³/mol. The first-order valence-electron chi connectivity index (χ1n) is 6.91. The van der Waals surface area contributed by atoms with Gasteiger partial charge in [-0.2, -0.15) is 4.98 Å². The van der Waals surface area contributed by atoms with Crippen LogP contribution in [0, 0.1) is 0 Å². The molecule has 1 aliphatic heterocycles. The third-order valence-electron chi connectivity index (χ3n) is 3.77. The summed E-state index contributed by atoms with van der Waals surface area (Å²) in [6.45, 7) is 2.64. The van der Waals surface area contributed by atoms with Gasteiger partial charge in [-0.05, 0) is 25.7 Å². The standard InChI is InChI=1S/C13H25N5O2/c1-16(2)13-14-12(20-15-13)9-17(3)7-10-6-11(19-5)8-18(10)4/h10-11H,6-9H2,1-5H3/t10-,11-/m0/s1. The quantitative estimate of drug-likeness (QED) is 0.743. The van der Waals surface area contributed by atoms with Crippen molar-refractivity contribution in [3.63, 3.8) is 0 Å². The number of rotatable bonds is 6. The van der Waals surface area contributed by atoms with Crippen molar-refractivity contribution in [3.8, 4) is 0 Å². The number of nitrogens with zero attached hydrogens (tertiary/aromatic N) is 5. The summed E-state index contributed by atoms with van der Waals surface area (Å²) in [4.78, 5) is 10.7. The van der Waals surface area contributed by atoms with Gasteiger partial charge in [0.1, 0.15) is 0 Å². The van der Waals surface area contributed by atoms with Gasteiger partial charge in [0, 0.05) is 40.3 Å². The maximum absolute atomic E-state index is 5.43. The first-order chi connectivity index (χ1) is 9.49. The summed E-state index contributed by atoms with van der Waals surface area (Å²) < 4.78 is 10.7. The second kappa shape index (κ2) is 6.51. The van der Waals surface area contributed by atoms with Gasteiger partial charge >= 0.3 is 0 Å². The summed E-state index contributed by atoms with van der Waals surface area (Å²) in [7, 11) is 9.81. The molecule has 20 heavy (non-hydrogen) atoms. The zero-order valence-corrected chi connectivity index (χ0v) is 13.0. The summed E-state index contributed by atoms with van der Waals surface area (Å²) in [5.41, 5.74) is 0. The molecule has 2 rings (SSSR count). The molecular formula is C13H25N5O2. The largest absolute Gasteiger partial charge is 0.380 e. The molecule has 0 amide bonds. The number of hydrogen-bond acceptors (Lipinski definition) is 7. The van der Waals surface area contributed by atoms with E-state index in [0.717, 1.165) is 19.5 Å². The molecular weight excluding hydrogens is 258 g/mol. The molecule has 1 fully saturated rings. The Kier molecular flexibility index (Phi) is 4.95. The smallest absolute Gasteiger partial charge is 0.265 e. The summed E-state index contributed by atoms with van der Waals surface area (Å²) in [5.74, 6) is 1.27. The number of anilines is 1. The molecule has 1 saturated heterocycles. The van der Waals surface area contributed by atoms with E-state index >= 15 is 0 Å². The van der Waals surface area contributed by atoms with E-state index in [1.54, 1.807) is 7.11 Å². The van der Waals surface area contributed by atoms with Crippen LogP contribution in [0.3, 0.4) is 0 Å². The van der Waals surface area contributed by atoms with E-state index in [4.69, 9.17) is 9.26 Å². The van der Waals surface area contributed by atoms with Crippen LogP contribution in [0.1, 0.15) is 12.3 Å². The highest BCUT2D eigenvalue weighted by molar-refractivity contribution is 5.23. The van der Waals surface area contributed by atoms with E-state index in [1.165, 1.54) is 0 Å². The molecule has 1 aromatic rings. The van der Waals surface area contributed by atoms with Crippen LogP contribution in [-0.2, 0) is 11.3 Å². The number of hydrogen-bond donors (Lipinski definition) is 0. The summed E-state index contributed by atoms with van der Waals surface area (Å²) in [6.07, 6.45) is 1.42. The molecule has 2 heterocycles. The van der Waals surface area contributed by atoms with E-state index in [1.807, 2.05) is 19.0 Å². The van der Waals surface area contributed by atoms with Crippen molar-refractivity contribution >= 4 is 5.95 Å². The van der Waals surface area contributed by atoms with E-state index < -0.39 is 0 Å². The topological polar surface area (TPSA) is 57.9 Å². The van der Waals surface area contributed by atoms with Crippen molar-refractivity contribution in [2.45, 2.75) is 25.1 Å². The lowest BCUT2D eigenvalue weighted by Gasteiger charge is -2.24. The number of likely N-dealkylation sites (tertiary alicyclic amines) is 1. The third-order valence-corrected chi connectivity index (χ3v) is 3.77. The van der Waals surface area contributed by atoms with Crippen molar-refractivity contribution in [2.24, 2.45) is 0 Å². The molecule has 0 unspecified atom stereocenters. The Balaban J connectivity index is 1.84. The summed E-state index contributed by atoms with van der Waals surface area (Å²) >= 11 is 0. The first kappa shape index (κ1) is 15.2. The Bertz CT molecular complexity index is 423. The van der Waals surface area contributed by atoms with Crippen LogP contribution in [0.5, 0.6) is 0 Å². The molecule has 1 aliphatic rings. The maximum atomic E-state index is 5.43. The van der Waals surface area contributed by atoms with Gasteiger partial charge in [-0.15, -0.1) is 0 Å². The van der Waals surface area contributed by atoms with E-state index in [-0.39, 0.29) is 0 Å². The number of methoxy groups -OCH3 is 1. The van der Waals surface area contributed by atoms with Gasteiger partial charge in [-0.3, -0.25) is 9.80 Å². The minimum Gasteiger partial charge on any atom is -0.380 e. The molecule has 0 N–H and O–H groups in total. The number of likely N-dealkylation sites (N-methyl/N-ethyl adjacent to an activating group) is 2. The second-order valence-corrected chi connectivity index (χ2v) is 5.77. The molecule has 114 valence electrons. The van der Waals surface area contributed by atoms with Gasteiger partial charge in [0.2, 0.25) is 5.89 Å². The molecule has 0 radical (unpaired) electrons. The van der Waals surface area contributed by atoms with Crippen LogP contribution in [0.4, 0.5) is 5.95 Å². The molecule has 0 bridgehead atoms. The molecule has 7 nitrogen and oxygen atoms in total. The van der Waals surface area contributed by atoms with Crippen molar-refractivity contribution in [1.29, 1.82) is 0 Å². The Morgan fingerprint density at radius 1 is 1.40 bits per heavy atom.